The van der Waals surface area contributed by atoms with Gasteiger partial charge in [0.05, 0.1) is 24.7 Å². The third-order valence-electron chi connectivity index (χ3n) is 5.40. The molecule has 0 saturated heterocycles. The lowest BCUT2D eigenvalue weighted by atomic mass is 10.1. The number of aryl methyl sites for hydroxylation is 1. The molecule has 1 aromatic carbocycles. The van der Waals surface area contributed by atoms with Gasteiger partial charge in [-0.3, -0.25) is 0 Å². The van der Waals surface area contributed by atoms with Crippen LogP contribution in [0.1, 0.15) is 63.4 Å². The minimum Gasteiger partial charge on any atom is -0.379 e. The number of rotatable bonds is 24. The van der Waals surface area contributed by atoms with Crippen molar-refractivity contribution in [3.8, 4) is 0 Å². The van der Waals surface area contributed by atoms with E-state index in [2.05, 4.69) is 4.72 Å². The Kier molecular flexibility index (Phi) is 17.1. The smallest absolute Gasteiger partial charge is 0.241 e. The lowest BCUT2D eigenvalue weighted by molar-refractivity contribution is -0.108. The van der Waals surface area contributed by atoms with Gasteiger partial charge in [0.25, 0.3) is 0 Å². The standard InChI is InChI=1S/C26H41NO8S/c1-24-11-13-25(14-12-24)36(31,32)27-26(21-33-18-8-2-5-15-28,22-34-19-9-3-6-16-29)23-35-20-10-4-7-17-30/h11-17,27H,2-10,18-23H2,1H3. The summed E-state index contributed by atoms with van der Waals surface area (Å²) in [5.74, 6) is 0. The fourth-order valence-corrected chi connectivity index (χ4v) is 4.73. The first-order chi connectivity index (χ1) is 17.4. The van der Waals surface area contributed by atoms with Crippen molar-refractivity contribution in [2.24, 2.45) is 0 Å². The minimum absolute atomic E-state index is 0.0157. The van der Waals surface area contributed by atoms with Crippen LogP contribution in [-0.2, 0) is 38.6 Å². The lowest BCUT2D eigenvalue weighted by Crippen LogP contribution is -2.58. The van der Waals surface area contributed by atoms with Crippen molar-refractivity contribution in [1.82, 2.24) is 4.72 Å². The van der Waals surface area contributed by atoms with Crippen molar-refractivity contribution in [1.29, 1.82) is 0 Å². The molecule has 9 nitrogen and oxygen atoms in total. The largest absolute Gasteiger partial charge is 0.379 e. The highest BCUT2D eigenvalue weighted by Crippen LogP contribution is 2.18. The van der Waals surface area contributed by atoms with Gasteiger partial charge in [-0.25, -0.2) is 8.42 Å². The highest BCUT2D eigenvalue weighted by Gasteiger charge is 2.37. The first-order valence-electron chi connectivity index (χ1n) is 12.5. The number of ether oxygens (including phenoxy) is 3. The zero-order chi connectivity index (χ0) is 26.5. The molecule has 0 aromatic heterocycles. The van der Waals surface area contributed by atoms with Crippen LogP contribution in [0.5, 0.6) is 0 Å². The summed E-state index contributed by atoms with van der Waals surface area (Å²) in [7, 11) is -3.92. The number of nitrogens with one attached hydrogen (secondary N) is 1. The summed E-state index contributed by atoms with van der Waals surface area (Å²) >= 11 is 0. The van der Waals surface area contributed by atoms with Crippen LogP contribution in [0.3, 0.4) is 0 Å². The van der Waals surface area contributed by atoms with Gasteiger partial charge >= 0.3 is 0 Å². The van der Waals surface area contributed by atoms with Gasteiger partial charge < -0.3 is 28.6 Å². The highest BCUT2D eigenvalue weighted by molar-refractivity contribution is 7.89. The van der Waals surface area contributed by atoms with Crippen molar-refractivity contribution in [3.05, 3.63) is 29.8 Å². The normalized spacial score (nSPS) is 11.9. The van der Waals surface area contributed by atoms with Crippen molar-refractivity contribution < 1.29 is 37.0 Å². The summed E-state index contributed by atoms with van der Waals surface area (Å²) in [6.07, 6.45) is 7.97. The first-order valence-corrected chi connectivity index (χ1v) is 14.0. The van der Waals surface area contributed by atoms with E-state index < -0.39 is 15.6 Å². The zero-order valence-corrected chi connectivity index (χ0v) is 22.1. The van der Waals surface area contributed by atoms with Crippen molar-refractivity contribution >= 4 is 28.9 Å². The average molecular weight is 528 g/mol. The fourth-order valence-electron chi connectivity index (χ4n) is 3.37. The molecule has 1 N–H and O–H groups in total. The van der Waals surface area contributed by atoms with Gasteiger partial charge in [-0.1, -0.05) is 17.7 Å². The summed E-state index contributed by atoms with van der Waals surface area (Å²) in [6.45, 7) is 3.01. The molecule has 0 bridgehead atoms. The molecule has 1 aromatic rings. The van der Waals surface area contributed by atoms with Crippen LogP contribution in [0, 0.1) is 6.92 Å². The third-order valence-corrected chi connectivity index (χ3v) is 6.99. The van der Waals surface area contributed by atoms with E-state index in [1.807, 2.05) is 6.92 Å². The Hall–Kier alpha value is -1.98. The average Bonchev–Trinajstić information content (AvgIpc) is 2.85. The summed E-state index contributed by atoms with van der Waals surface area (Å²) in [5.41, 5.74) is -0.250. The Morgan fingerprint density at radius 1 is 0.694 bits per heavy atom. The number of benzene rings is 1. The summed E-state index contributed by atoms with van der Waals surface area (Å²) in [4.78, 5) is 31.8. The Bertz CT molecular complexity index is 792. The second-order valence-corrected chi connectivity index (χ2v) is 10.5. The van der Waals surface area contributed by atoms with Gasteiger partial charge in [0.15, 0.2) is 0 Å². The molecule has 0 aliphatic carbocycles. The van der Waals surface area contributed by atoms with Gasteiger partial charge in [-0.15, -0.1) is 0 Å². The zero-order valence-electron chi connectivity index (χ0n) is 21.3. The molecular formula is C26H41NO8S. The fraction of sp³-hybridized carbons (Fsp3) is 0.654. The molecule has 0 unspecified atom stereocenters. The van der Waals surface area contributed by atoms with Crippen molar-refractivity contribution in [2.75, 3.05) is 39.6 Å². The van der Waals surface area contributed by atoms with Crippen LogP contribution in [0.4, 0.5) is 0 Å². The molecule has 0 saturated carbocycles. The number of sulfonamides is 1. The number of carbonyl (C=O) groups is 3. The quantitative estimate of drug-likeness (QED) is 0.161. The number of hydrogen-bond donors (Lipinski definition) is 1. The molecule has 0 atom stereocenters. The molecular weight excluding hydrogens is 486 g/mol. The lowest BCUT2D eigenvalue weighted by Gasteiger charge is -2.34. The third kappa shape index (κ3) is 13.9. The number of unbranched alkanes of at least 4 members (excludes halogenated alkanes) is 6. The second-order valence-electron chi connectivity index (χ2n) is 8.84. The molecule has 36 heavy (non-hydrogen) atoms. The van der Waals surface area contributed by atoms with E-state index in [4.69, 9.17) is 14.2 Å². The molecule has 1 rings (SSSR count). The summed E-state index contributed by atoms with van der Waals surface area (Å²) < 4.78 is 46.9. The predicted octanol–water partition coefficient (Wildman–Crippen LogP) is 3.17. The summed E-state index contributed by atoms with van der Waals surface area (Å²) in [5, 5.41) is 0. The van der Waals surface area contributed by atoms with Crippen LogP contribution >= 0.6 is 0 Å². The van der Waals surface area contributed by atoms with Crippen LogP contribution in [-0.4, -0.2) is 72.5 Å². The van der Waals surface area contributed by atoms with E-state index >= 15 is 0 Å². The SMILES string of the molecule is Cc1ccc(S(=O)(=O)NC(COCCCCC=O)(COCCCCC=O)COCCCCC=O)cc1. The van der Waals surface area contributed by atoms with E-state index in [9.17, 15) is 22.8 Å². The predicted molar refractivity (Wildman–Crippen MR) is 136 cm³/mol. The molecule has 0 fully saturated rings. The molecule has 0 aliphatic heterocycles. The maximum absolute atomic E-state index is 13.3. The molecule has 0 aliphatic rings. The van der Waals surface area contributed by atoms with E-state index in [0.29, 0.717) is 77.6 Å². The molecule has 0 spiro atoms. The van der Waals surface area contributed by atoms with Crippen LogP contribution in [0.2, 0.25) is 0 Å². The molecule has 204 valence electrons. The van der Waals surface area contributed by atoms with E-state index in [1.165, 1.54) is 0 Å². The van der Waals surface area contributed by atoms with Crippen molar-refractivity contribution in [3.63, 3.8) is 0 Å². The molecule has 0 amide bonds. The van der Waals surface area contributed by atoms with Gasteiger partial charge in [-0.05, 0) is 57.6 Å². The maximum atomic E-state index is 13.3. The van der Waals surface area contributed by atoms with E-state index in [1.54, 1.807) is 24.3 Å². The van der Waals surface area contributed by atoms with Gasteiger partial charge in [0, 0.05) is 39.1 Å². The topological polar surface area (TPSA) is 125 Å². The van der Waals surface area contributed by atoms with Crippen LogP contribution in [0.25, 0.3) is 0 Å². The van der Waals surface area contributed by atoms with E-state index in [-0.39, 0.29) is 24.7 Å². The van der Waals surface area contributed by atoms with Crippen molar-refractivity contribution in [2.45, 2.75) is 75.1 Å². The van der Waals surface area contributed by atoms with Gasteiger partial charge in [-0.2, -0.15) is 4.72 Å². The first kappa shape index (κ1) is 32.0. The Morgan fingerprint density at radius 2 is 1.08 bits per heavy atom. The molecule has 0 radical (unpaired) electrons. The number of carbonyl (C=O) groups excluding carboxylic acids is 3. The number of aldehydes is 3. The van der Waals surface area contributed by atoms with Gasteiger partial charge in [0.2, 0.25) is 10.0 Å². The second kappa shape index (κ2) is 19.2. The molecule has 10 heteroatoms. The highest BCUT2D eigenvalue weighted by atomic mass is 32.2. The van der Waals surface area contributed by atoms with E-state index in [0.717, 1.165) is 24.4 Å². The molecule has 0 heterocycles. The minimum atomic E-state index is -3.92. The van der Waals surface area contributed by atoms with Gasteiger partial charge in [0.1, 0.15) is 24.4 Å². The van der Waals surface area contributed by atoms with Crippen LogP contribution < -0.4 is 4.72 Å². The summed E-state index contributed by atoms with van der Waals surface area (Å²) in [6, 6.07) is 6.55. The Morgan fingerprint density at radius 3 is 1.44 bits per heavy atom. The monoisotopic (exact) mass is 527 g/mol. The maximum Gasteiger partial charge on any atom is 0.241 e. The van der Waals surface area contributed by atoms with Crippen LogP contribution in [0.15, 0.2) is 29.2 Å². The Balaban J connectivity index is 2.99. The Labute approximate surface area is 215 Å². The number of hydrogen-bond acceptors (Lipinski definition) is 8.